The minimum Gasteiger partial charge on any atom is -0.374 e. The van der Waals surface area contributed by atoms with Crippen LogP contribution in [0.3, 0.4) is 0 Å². The summed E-state index contributed by atoms with van der Waals surface area (Å²) in [5.74, 6) is -0.152. The van der Waals surface area contributed by atoms with Crippen molar-refractivity contribution in [2.75, 3.05) is 0 Å². The zero-order chi connectivity index (χ0) is 18.9. The molecule has 4 N–H and O–H groups in total. The summed E-state index contributed by atoms with van der Waals surface area (Å²) >= 11 is 1.47. The number of primary amides is 1. The zero-order valence-corrected chi connectivity index (χ0v) is 15.8. The molecule has 0 bridgehead atoms. The molecule has 1 aromatic carbocycles. The Balaban J connectivity index is 1.89. The van der Waals surface area contributed by atoms with Gasteiger partial charge in [0.25, 0.3) is 0 Å². The van der Waals surface area contributed by atoms with E-state index < -0.39 is 12.1 Å². The maximum absolute atomic E-state index is 12.3. The van der Waals surface area contributed by atoms with E-state index in [1.165, 1.54) is 11.3 Å². The third kappa shape index (κ3) is 6.85. The minimum atomic E-state index is -0.644. The van der Waals surface area contributed by atoms with Crippen LogP contribution in [0.2, 0.25) is 0 Å². The Bertz CT molecular complexity index is 717. The van der Waals surface area contributed by atoms with Crippen LogP contribution in [0.5, 0.6) is 0 Å². The first-order valence-electron chi connectivity index (χ1n) is 8.49. The highest BCUT2D eigenvalue weighted by Crippen LogP contribution is 2.21. The molecule has 0 spiro atoms. The molecule has 2 aromatic rings. The monoisotopic (exact) mass is 375 g/mol. The van der Waals surface area contributed by atoms with Gasteiger partial charge in [0.05, 0.1) is 25.2 Å². The molecule has 0 fully saturated rings. The molecule has 1 atom stereocenters. The molecule has 0 aliphatic rings. The Hall–Kier alpha value is -2.38. The molecule has 2 rings (SSSR count). The number of urea groups is 1. The van der Waals surface area contributed by atoms with Gasteiger partial charge in [-0.15, -0.1) is 11.3 Å². The second kappa shape index (κ2) is 9.94. The smallest absolute Gasteiger partial charge is 0.312 e. The van der Waals surface area contributed by atoms with Gasteiger partial charge in [0.1, 0.15) is 0 Å². The molecular weight excluding hydrogens is 350 g/mol. The van der Waals surface area contributed by atoms with E-state index in [0.29, 0.717) is 13.2 Å². The van der Waals surface area contributed by atoms with E-state index >= 15 is 0 Å². The third-order valence-corrected chi connectivity index (χ3v) is 4.64. The zero-order valence-electron chi connectivity index (χ0n) is 15.0. The highest BCUT2D eigenvalue weighted by atomic mass is 32.1. The molecule has 1 aromatic heterocycles. The molecule has 6 nitrogen and oxygen atoms in total. The normalized spacial score (nSPS) is 12.0. The fourth-order valence-corrected chi connectivity index (χ4v) is 3.21. The van der Waals surface area contributed by atoms with E-state index in [1.807, 2.05) is 55.6 Å². The minimum absolute atomic E-state index is 0.138. The fraction of sp³-hybridized carbons (Fsp3) is 0.368. The number of hydrogen-bond donors (Lipinski definition) is 3. The summed E-state index contributed by atoms with van der Waals surface area (Å²) in [6.07, 6.45) is 0.310. The Kier molecular flexibility index (Phi) is 7.62. The van der Waals surface area contributed by atoms with Crippen molar-refractivity contribution in [1.82, 2.24) is 10.6 Å². The molecular formula is C19H25N3O3S. The van der Waals surface area contributed by atoms with Crippen LogP contribution in [-0.4, -0.2) is 18.0 Å². The van der Waals surface area contributed by atoms with Gasteiger partial charge in [-0.3, -0.25) is 4.79 Å². The fourth-order valence-electron chi connectivity index (χ4n) is 2.43. The van der Waals surface area contributed by atoms with Gasteiger partial charge in [0.15, 0.2) is 0 Å². The van der Waals surface area contributed by atoms with Crippen molar-refractivity contribution in [1.29, 1.82) is 0 Å². The molecule has 0 radical (unpaired) electrons. The number of ether oxygens (including phenoxy) is 1. The Morgan fingerprint density at radius 2 is 1.96 bits per heavy atom. The Labute approximate surface area is 157 Å². The first kappa shape index (κ1) is 19.9. The maximum atomic E-state index is 12.3. The van der Waals surface area contributed by atoms with Crippen molar-refractivity contribution in [2.45, 2.75) is 45.6 Å². The Morgan fingerprint density at radius 1 is 1.19 bits per heavy atom. The predicted octanol–water partition coefficient (Wildman–Crippen LogP) is 3.09. The van der Waals surface area contributed by atoms with Gasteiger partial charge in [-0.1, -0.05) is 30.3 Å². The van der Waals surface area contributed by atoms with Crippen LogP contribution in [0.15, 0.2) is 41.8 Å². The SMILES string of the molecule is CC(C)OCc1cccc(CNC(=O)CC(NC(N)=O)c2cccs2)c1. The van der Waals surface area contributed by atoms with Crippen LogP contribution >= 0.6 is 11.3 Å². The van der Waals surface area contributed by atoms with E-state index in [2.05, 4.69) is 10.6 Å². The first-order chi connectivity index (χ1) is 12.4. The summed E-state index contributed by atoms with van der Waals surface area (Å²) in [6, 6.07) is 10.6. The van der Waals surface area contributed by atoms with E-state index in [1.54, 1.807) is 0 Å². The molecule has 7 heteroatoms. The molecule has 3 amide bonds. The lowest BCUT2D eigenvalue weighted by atomic mass is 10.1. The van der Waals surface area contributed by atoms with Crippen LogP contribution in [0.25, 0.3) is 0 Å². The summed E-state index contributed by atoms with van der Waals surface area (Å²) in [4.78, 5) is 24.4. The largest absolute Gasteiger partial charge is 0.374 e. The number of thiophene rings is 1. The number of hydrogen-bond acceptors (Lipinski definition) is 4. The number of carbonyl (C=O) groups excluding carboxylic acids is 2. The van der Waals surface area contributed by atoms with Crippen molar-refractivity contribution in [3.8, 4) is 0 Å². The molecule has 0 saturated heterocycles. The summed E-state index contributed by atoms with van der Waals surface area (Å²) in [6.45, 7) is 4.95. The number of nitrogens with one attached hydrogen (secondary N) is 2. The van der Waals surface area contributed by atoms with Crippen molar-refractivity contribution >= 4 is 23.3 Å². The van der Waals surface area contributed by atoms with Crippen molar-refractivity contribution in [2.24, 2.45) is 5.73 Å². The average Bonchev–Trinajstić information content (AvgIpc) is 3.12. The van der Waals surface area contributed by atoms with E-state index in [4.69, 9.17) is 10.5 Å². The predicted molar refractivity (Wildman–Crippen MR) is 103 cm³/mol. The van der Waals surface area contributed by atoms with Gasteiger partial charge >= 0.3 is 6.03 Å². The van der Waals surface area contributed by atoms with Crippen LogP contribution < -0.4 is 16.4 Å². The first-order valence-corrected chi connectivity index (χ1v) is 9.37. The average molecular weight is 375 g/mol. The van der Waals surface area contributed by atoms with Crippen molar-refractivity contribution in [3.63, 3.8) is 0 Å². The quantitative estimate of drug-likeness (QED) is 0.629. The van der Waals surface area contributed by atoms with E-state index in [-0.39, 0.29) is 18.4 Å². The number of benzene rings is 1. The maximum Gasteiger partial charge on any atom is 0.312 e. The van der Waals surface area contributed by atoms with Gasteiger partial charge in [0.2, 0.25) is 5.91 Å². The van der Waals surface area contributed by atoms with Crippen LogP contribution in [-0.2, 0) is 22.7 Å². The van der Waals surface area contributed by atoms with Crippen molar-refractivity contribution < 1.29 is 14.3 Å². The van der Waals surface area contributed by atoms with E-state index in [0.717, 1.165) is 16.0 Å². The topological polar surface area (TPSA) is 93.4 Å². The second-order valence-corrected chi connectivity index (χ2v) is 7.22. The summed E-state index contributed by atoms with van der Waals surface area (Å²) in [5.41, 5.74) is 7.28. The van der Waals surface area contributed by atoms with Crippen molar-refractivity contribution in [3.05, 3.63) is 57.8 Å². The van der Waals surface area contributed by atoms with Gasteiger partial charge in [0, 0.05) is 11.4 Å². The van der Waals surface area contributed by atoms with Gasteiger partial charge < -0.3 is 21.1 Å². The highest BCUT2D eigenvalue weighted by Gasteiger charge is 2.18. The van der Waals surface area contributed by atoms with Gasteiger partial charge in [-0.05, 0) is 36.4 Å². The number of amides is 3. The number of rotatable bonds is 9. The number of carbonyl (C=O) groups is 2. The molecule has 1 heterocycles. The van der Waals surface area contributed by atoms with Crippen LogP contribution in [0, 0.1) is 0 Å². The lowest BCUT2D eigenvalue weighted by Gasteiger charge is -2.16. The summed E-state index contributed by atoms with van der Waals surface area (Å²) in [7, 11) is 0. The molecule has 0 aliphatic heterocycles. The molecule has 0 saturated carbocycles. The third-order valence-electron chi connectivity index (χ3n) is 3.66. The number of nitrogens with two attached hydrogens (primary N) is 1. The van der Waals surface area contributed by atoms with Gasteiger partial charge in [-0.25, -0.2) is 4.79 Å². The Morgan fingerprint density at radius 3 is 2.62 bits per heavy atom. The molecule has 26 heavy (non-hydrogen) atoms. The highest BCUT2D eigenvalue weighted by molar-refractivity contribution is 7.10. The molecule has 0 aliphatic carbocycles. The van der Waals surface area contributed by atoms with Crippen LogP contribution in [0.1, 0.15) is 42.3 Å². The van der Waals surface area contributed by atoms with Gasteiger partial charge in [-0.2, -0.15) is 0 Å². The van der Waals surface area contributed by atoms with Crippen LogP contribution in [0.4, 0.5) is 4.79 Å². The molecule has 1 unspecified atom stereocenters. The standard InChI is InChI=1S/C19H25N3O3S/c1-13(2)25-12-15-6-3-5-14(9-15)11-21-18(23)10-16(22-19(20)24)17-7-4-8-26-17/h3-9,13,16H,10-12H2,1-2H3,(H,21,23)(H3,20,22,24). The summed E-state index contributed by atoms with van der Waals surface area (Å²) in [5, 5.41) is 7.41. The second-order valence-electron chi connectivity index (χ2n) is 6.24. The van der Waals surface area contributed by atoms with E-state index in [9.17, 15) is 9.59 Å². The lowest BCUT2D eigenvalue weighted by Crippen LogP contribution is -2.36. The summed E-state index contributed by atoms with van der Waals surface area (Å²) < 4.78 is 5.60. The lowest BCUT2D eigenvalue weighted by molar-refractivity contribution is -0.121. The molecule has 140 valence electrons.